The van der Waals surface area contributed by atoms with Gasteiger partial charge in [0.05, 0.1) is 31.0 Å². The van der Waals surface area contributed by atoms with E-state index in [1.165, 1.54) is 0 Å². The van der Waals surface area contributed by atoms with E-state index < -0.39 is 6.10 Å². The quantitative estimate of drug-likeness (QED) is 0.247. The SMILES string of the molecule is COCCCN1CCOc2ccc(COC3CNCC(O)C3c3ccc(Oc4ccc5[nH]ccc5c4)cc3)cc21. The Balaban J connectivity index is 1.12. The number of aliphatic hydroxyl groups excluding tert-OH is 1. The van der Waals surface area contributed by atoms with Gasteiger partial charge in [0.2, 0.25) is 0 Å². The number of methoxy groups -OCH3 is 1. The average Bonchev–Trinajstić information content (AvgIpc) is 3.45. The standard InChI is InChI=1S/C32H37N3O5/c1-37-15-2-13-35-14-16-38-30-10-3-22(17-28(30)35)21-39-31-20-33-19-29(36)32(31)23-4-6-25(7-5-23)40-26-8-9-27-24(18-26)11-12-34-27/h3-12,17-18,29,31-34,36H,2,13-16,19-21H2,1H3. The molecule has 1 aromatic heterocycles. The zero-order chi connectivity index (χ0) is 27.3. The highest BCUT2D eigenvalue weighted by Crippen LogP contribution is 2.35. The predicted molar refractivity (Wildman–Crippen MR) is 156 cm³/mol. The first-order valence-corrected chi connectivity index (χ1v) is 14.0. The van der Waals surface area contributed by atoms with Crippen LogP contribution in [0, 0.1) is 0 Å². The van der Waals surface area contributed by atoms with Crippen molar-refractivity contribution in [3.8, 4) is 17.2 Å². The van der Waals surface area contributed by atoms with Gasteiger partial charge in [-0.3, -0.25) is 0 Å². The summed E-state index contributed by atoms with van der Waals surface area (Å²) in [6.07, 6.45) is 2.17. The highest BCUT2D eigenvalue weighted by molar-refractivity contribution is 5.80. The van der Waals surface area contributed by atoms with Crippen molar-refractivity contribution in [1.29, 1.82) is 0 Å². The molecule has 8 nitrogen and oxygen atoms in total. The highest BCUT2D eigenvalue weighted by atomic mass is 16.5. The van der Waals surface area contributed by atoms with E-state index in [1.807, 2.05) is 60.8 Å². The third-order valence-electron chi connectivity index (χ3n) is 7.76. The smallest absolute Gasteiger partial charge is 0.142 e. The van der Waals surface area contributed by atoms with Crippen LogP contribution < -0.4 is 19.7 Å². The van der Waals surface area contributed by atoms with Gasteiger partial charge in [-0.05, 0) is 66.1 Å². The first kappa shape index (κ1) is 26.7. The zero-order valence-corrected chi connectivity index (χ0v) is 22.8. The van der Waals surface area contributed by atoms with E-state index in [1.54, 1.807) is 7.11 Å². The summed E-state index contributed by atoms with van der Waals surface area (Å²) in [6.45, 7) is 4.88. The first-order valence-electron chi connectivity index (χ1n) is 14.0. The predicted octanol–water partition coefficient (Wildman–Crippen LogP) is 4.83. The van der Waals surface area contributed by atoms with Crippen LogP contribution >= 0.6 is 0 Å². The maximum Gasteiger partial charge on any atom is 0.142 e. The molecule has 0 aliphatic carbocycles. The third kappa shape index (κ3) is 5.95. The molecular weight excluding hydrogens is 506 g/mol. The van der Waals surface area contributed by atoms with Gasteiger partial charge in [0.1, 0.15) is 23.9 Å². The number of aromatic nitrogens is 1. The Morgan fingerprint density at radius 1 is 1.00 bits per heavy atom. The number of β-amino-alcohol motifs (C(OH)–C–C–N with tert-alkyl or cyclic N) is 1. The summed E-state index contributed by atoms with van der Waals surface area (Å²) in [4.78, 5) is 5.56. The monoisotopic (exact) mass is 543 g/mol. The second kappa shape index (κ2) is 12.3. The van der Waals surface area contributed by atoms with Gasteiger partial charge in [0.25, 0.3) is 0 Å². The molecule has 3 heterocycles. The molecule has 1 fully saturated rings. The number of anilines is 1. The average molecular weight is 544 g/mol. The molecule has 0 amide bonds. The van der Waals surface area contributed by atoms with Crippen LogP contribution in [0.2, 0.25) is 0 Å². The van der Waals surface area contributed by atoms with Crippen LogP contribution in [-0.2, 0) is 16.1 Å². The number of rotatable bonds is 10. The van der Waals surface area contributed by atoms with Crippen LogP contribution in [0.3, 0.4) is 0 Å². The molecule has 4 aromatic rings. The molecule has 210 valence electrons. The van der Waals surface area contributed by atoms with Crippen molar-refractivity contribution >= 4 is 16.6 Å². The number of hydrogen-bond donors (Lipinski definition) is 3. The van der Waals surface area contributed by atoms with Crippen molar-refractivity contribution in [2.24, 2.45) is 0 Å². The number of piperidine rings is 1. The Morgan fingerprint density at radius 3 is 2.75 bits per heavy atom. The molecule has 3 N–H and O–H groups in total. The summed E-state index contributed by atoms with van der Waals surface area (Å²) in [6, 6.07) is 22.3. The third-order valence-corrected chi connectivity index (χ3v) is 7.76. The first-order chi connectivity index (χ1) is 19.7. The van der Waals surface area contributed by atoms with E-state index in [2.05, 4.69) is 27.3 Å². The Kier molecular flexibility index (Phi) is 8.20. The minimum Gasteiger partial charge on any atom is -0.490 e. The fraction of sp³-hybridized carbons (Fsp3) is 0.375. The summed E-state index contributed by atoms with van der Waals surface area (Å²) in [7, 11) is 1.74. The topological polar surface area (TPSA) is 88.2 Å². The molecule has 0 spiro atoms. The van der Waals surface area contributed by atoms with Crippen LogP contribution in [0.4, 0.5) is 5.69 Å². The molecule has 3 atom stereocenters. The maximum atomic E-state index is 11.0. The van der Waals surface area contributed by atoms with Crippen LogP contribution in [-0.4, -0.2) is 68.8 Å². The van der Waals surface area contributed by atoms with Gasteiger partial charge < -0.3 is 39.3 Å². The van der Waals surface area contributed by atoms with E-state index >= 15 is 0 Å². The summed E-state index contributed by atoms with van der Waals surface area (Å²) >= 11 is 0. The van der Waals surface area contributed by atoms with Crippen molar-refractivity contribution in [2.75, 3.05) is 51.4 Å². The van der Waals surface area contributed by atoms with Gasteiger partial charge in [-0.1, -0.05) is 18.2 Å². The molecule has 40 heavy (non-hydrogen) atoms. The number of hydrogen-bond acceptors (Lipinski definition) is 7. The van der Waals surface area contributed by atoms with E-state index in [9.17, 15) is 5.11 Å². The van der Waals surface area contributed by atoms with Gasteiger partial charge in [-0.2, -0.15) is 0 Å². The van der Waals surface area contributed by atoms with E-state index in [0.717, 1.165) is 71.1 Å². The van der Waals surface area contributed by atoms with Crippen LogP contribution in [0.5, 0.6) is 17.2 Å². The van der Waals surface area contributed by atoms with E-state index in [-0.39, 0.29) is 12.0 Å². The number of ether oxygens (including phenoxy) is 4. The van der Waals surface area contributed by atoms with Crippen molar-refractivity contribution in [1.82, 2.24) is 10.3 Å². The number of benzene rings is 3. The lowest BCUT2D eigenvalue weighted by Crippen LogP contribution is -2.49. The second-order valence-electron chi connectivity index (χ2n) is 10.5. The lowest BCUT2D eigenvalue weighted by atomic mass is 9.85. The molecule has 3 unspecified atom stereocenters. The summed E-state index contributed by atoms with van der Waals surface area (Å²) in [5.41, 5.74) is 4.31. The minimum atomic E-state index is -0.547. The van der Waals surface area contributed by atoms with E-state index in [4.69, 9.17) is 18.9 Å². The lowest BCUT2D eigenvalue weighted by molar-refractivity contribution is -0.0328. The molecule has 3 aromatic carbocycles. The lowest BCUT2D eigenvalue weighted by Gasteiger charge is -2.36. The molecule has 8 heteroatoms. The summed E-state index contributed by atoms with van der Waals surface area (Å²) in [5, 5.41) is 15.4. The number of H-pyrrole nitrogens is 1. The summed E-state index contributed by atoms with van der Waals surface area (Å²) < 4.78 is 23.7. The molecule has 2 aliphatic rings. The van der Waals surface area contributed by atoms with Gasteiger partial charge >= 0.3 is 0 Å². The fourth-order valence-corrected chi connectivity index (χ4v) is 5.71. The van der Waals surface area contributed by atoms with Gasteiger partial charge in [-0.15, -0.1) is 0 Å². The zero-order valence-electron chi connectivity index (χ0n) is 22.8. The molecule has 2 aliphatic heterocycles. The van der Waals surface area contributed by atoms with Gasteiger partial charge in [0.15, 0.2) is 0 Å². The number of aromatic amines is 1. The fourth-order valence-electron chi connectivity index (χ4n) is 5.71. The van der Waals surface area contributed by atoms with Crippen molar-refractivity contribution in [3.05, 3.63) is 84.1 Å². The molecule has 0 saturated carbocycles. The minimum absolute atomic E-state index is 0.141. The number of aliphatic hydroxyl groups is 1. The molecule has 6 rings (SSSR count). The number of fused-ring (bicyclic) bond motifs is 2. The van der Waals surface area contributed by atoms with Crippen LogP contribution in [0.25, 0.3) is 10.9 Å². The molecule has 1 saturated heterocycles. The molecule has 0 bridgehead atoms. The van der Waals surface area contributed by atoms with Crippen molar-refractivity contribution < 1.29 is 24.1 Å². The second-order valence-corrected chi connectivity index (χ2v) is 10.5. The molecular formula is C32H37N3O5. The van der Waals surface area contributed by atoms with E-state index in [0.29, 0.717) is 26.3 Å². The van der Waals surface area contributed by atoms with Gasteiger partial charge in [-0.25, -0.2) is 0 Å². The summed E-state index contributed by atoms with van der Waals surface area (Å²) in [5.74, 6) is 2.31. The highest BCUT2D eigenvalue weighted by Gasteiger charge is 2.34. The molecule has 0 radical (unpaired) electrons. The normalized spacial score (nSPS) is 20.8. The number of nitrogens with zero attached hydrogens (tertiary/aromatic N) is 1. The van der Waals surface area contributed by atoms with Crippen molar-refractivity contribution in [3.63, 3.8) is 0 Å². The Labute approximate surface area is 234 Å². The number of nitrogens with one attached hydrogen (secondary N) is 2. The van der Waals surface area contributed by atoms with Crippen molar-refractivity contribution in [2.45, 2.75) is 31.2 Å². The maximum absolute atomic E-state index is 11.0. The largest absolute Gasteiger partial charge is 0.490 e. The Hall–Kier alpha value is -3.56. The van der Waals surface area contributed by atoms with Crippen LogP contribution in [0.15, 0.2) is 72.9 Å². The Bertz CT molecular complexity index is 1410. The van der Waals surface area contributed by atoms with Crippen LogP contribution in [0.1, 0.15) is 23.5 Å². The Morgan fingerprint density at radius 2 is 1.88 bits per heavy atom. The van der Waals surface area contributed by atoms with Gasteiger partial charge in [0, 0.05) is 56.4 Å².